The van der Waals surface area contributed by atoms with Crippen LogP contribution in [0.25, 0.3) is 0 Å². The number of nitrogens with zero attached hydrogens (tertiary/aromatic N) is 1. The van der Waals surface area contributed by atoms with E-state index in [9.17, 15) is 5.11 Å². The molecule has 2 unspecified atom stereocenters. The first kappa shape index (κ1) is 12.7. The second-order valence-electron chi connectivity index (χ2n) is 6.38. The Balaban J connectivity index is 1.97. The minimum absolute atomic E-state index is 0.0804. The molecular weight excluding hydrogens is 244 g/mol. The summed E-state index contributed by atoms with van der Waals surface area (Å²) in [6.45, 7) is 0. The SMILES string of the molecule is CN1C(=S)NC2(CCCCC2)C2CCCCC21O. The van der Waals surface area contributed by atoms with E-state index in [0.29, 0.717) is 5.92 Å². The van der Waals surface area contributed by atoms with Crippen LogP contribution in [-0.4, -0.2) is 33.4 Å². The molecule has 1 aliphatic heterocycles. The highest BCUT2D eigenvalue weighted by molar-refractivity contribution is 7.80. The van der Waals surface area contributed by atoms with E-state index in [0.717, 1.165) is 24.4 Å². The first-order valence-electron chi connectivity index (χ1n) is 7.37. The van der Waals surface area contributed by atoms with Crippen molar-refractivity contribution in [2.45, 2.75) is 69.1 Å². The normalized spacial score (nSPS) is 39.3. The smallest absolute Gasteiger partial charge is 0.171 e. The van der Waals surface area contributed by atoms with Crippen LogP contribution in [-0.2, 0) is 0 Å². The van der Waals surface area contributed by atoms with Crippen LogP contribution in [0.1, 0.15) is 57.8 Å². The maximum atomic E-state index is 11.1. The lowest BCUT2D eigenvalue weighted by Gasteiger charge is -2.60. The van der Waals surface area contributed by atoms with Gasteiger partial charge < -0.3 is 15.3 Å². The lowest BCUT2D eigenvalue weighted by molar-refractivity contribution is -0.173. The Kier molecular flexibility index (Phi) is 3.06. The molecule has 18 heavy (non-hydrogen) atoms. The lowest BCUT2D eigenvalue weighted by atomic mass is 9.62. The summed E-state index contributed by atoms with van der Waals surface area (Å²) in [6.07, 6.45) is 10.6. The molecule has 2 atom stereocenters. The van der Waals surface area contributed by atoms with Crippen LogP contribution in [0.3, 0.4) is 0 Å². The summed E-state index contributed by atoms with van der Waals surface area (Å²) in [5.41, 5.74) is -0.616. The van der Waals surface area contributed by atoms with Gasteiger partial charge in [-0.1, -0.05) is 25.7 Å². The quantitative estimate of drug-likeness (QED) is 0.661. The van der Waals surface area contributed by atoms with Crippen molar-refractivity contribution in [2.75, 3.05) is 7.05 Å². The average molecular weight is 268 g/mol. The Bertz CT molecular complexity index is 354. The minimum atomic E-state index is -0.697. The zero-order valence-electron chi connectivity index (χ0n) is 11.2. The van der Waals surface area contributed by atoms with Crippen LogP contribution in [0.2, 0.25) is 0 Å². The molecule has 2 saturated carbocycles. The molecule has 3 nitrogen and oxygen atoms in total. The van der Waals surface area contributed by atoms with Crippen molar-refractivity contribution in [3.05, 3.63) is 0 Å². The fraction of sp³-hybridized carbons (Fsp3) is 0.929. The van der Waals surface area contributed by atoms with E-state index in [1.54, 1.807) is 0 Å². The molecule has 1 saturated heterocycles. The monoisotopic (exact) mass is 268 g/mol. The Hall–Kier alpha value is -0.350. The van der Waals surface area contributed by atoms with Gasteiger partial charge in [-0.15, -0.1) is 0 Å². The fourth-order valence-corrected chi connectivity index (χ4v) is 4.84. The molecule has 0 amide bonds. The van der Waals surface area contributed by atoms with Gasteiger partial charge in [0.05, 0.1) is 0 Å². The molecule has 4 heteroatoms. The number of hydrogen-bond acceptors (Lipinski definition) is 2. The fourth-order valence-electron chi connectivity index (χ4n) is 4.48. The minimum Gasteiger partial charge on any atom is -0.370 e. The number of aliphatic hydroxyl groups is 1. The molecule has 0 aromatic rings. The average Bonchev–Trinajstić information content (AvgIpc) is 2.38. The number of hydrogen-bond donors (Lipinski definition) is 2. The number of nitrogens with one attached hydrogen (secondary N) is 1. The van der Waals surface area contributed by atoms with Gasteiger partial charge >= 0.3 is 0 Å². The second-order valence-corrected chi connectivity index (χ2v) is 6.77. The first-order valence-corrected chi connectivity index (χ1v) is 7.78. The highest BCUT2D eigenvalue weighted by atomic mass is 32.1. The van der Waals surface area contributed by atoms with E-state index in [-0.39, 0.29) is 5.54 Å². The molecule has 3 aliphatic rings. The largest absolute Gasteiger partial charge is 0.370 e. The molecule has 1 heterocycles. The van der Waals surface area contributed by atoms with Crippen LogP contribution < -0.4 is 5.32 Å². The molecule has 3 rings (SSSR count). The summed E-state index contributed by atoms with van der Waals surface area (Å²) >= 11 is 5.48. The molecular formula is C14H24N2OS. The van der Waals surface area contributed by atoms with Crippen molar-refractivity contribution in [1.29, 1.82) is 0 Å². The third-order valence-corrected chi connectivity index (χ3v) is 5.88. The third kappa shape index (κ3) is 1.68. The highest BCUT2D eigenvalue weighted by Crippen LogP contribution is 2.49. The van der Waals surface area contributed by atoms with Crippen LogP contribution >= 0.6 is 12.2 Å². The maximum Gasteiger partial charge on any atom is 0.171 e. The van der Waals surface area contributed by atoms with Crippen molar-refractivity contribution in [2.24, 2.45) is 5.92 Å². The van der Waals surface area contributed by atoms with Gasteiger partial charge in [-0.05, 0) is 44.3 Å². The third-order valence-electron chi connectivity index (χ3n) is 5.50. The summed E-state index contributed by atoms with van der Waals surface area (Å²) in [7, 11) is 1.95. The molecule has 2 aliphatic carbocycles. The molecule has 0 aromatic heterocycles. The van der Waals surface area contributed by atoms with E-state index in [1.165, 1.54) is 38.5 Å². The molecule has 0 radical (unpaired) electrons. The van der Waals surface area contributed by atoms with Gasteiger partial charge in [0.25, 0.3) is 0 Å². The van der Waals surface area contributed by atoms with Gasteiger partial charge in [0.1, 0.15) is 5.72 Å². The van der Waals surface area contributed by atoms with E-state index in [1.807, 2.05) is 11.9 Å². The van der Waals surface area contributed by atoms with Crippen molar-refractivity contribution >= 4 is 17.3 Å². The highest BCUT2D eigenvalue weighted by Gasteiger charge is 2.57. The molecule has 0 aromatic carbocycles. The standard InChI is InChI=1S/C14H24N2OS/c1-16-12(18)15-13(8-4-2-5-9-13)11-7-3-6-10-14(11,16)17/h11,17H,2-10H2,1H3,(H,15,18). The van der Waals surface area contributed by atoms with E-state index >= 15 is 0 Å². The first-order chi connectivity index (χ1) is 8.58. The summed E-state index contributed by atoms with van der Waals surface area (Å²) < 4.78 is 0. The molecule has 1 spiro atoms. The predicted octanol–water partition coefficient (Wildman–Crippen LogP) is 2.39. The van der Waals surface area contributed by atoms with Gasteiger partial charge in [-0.3, -0.25) is 0 Å². The summed E-state index contributed by atoms with van der Waals surface area (Å²) in [5, 5.41) is 15.5. The van der Waals surface area contributed by atoms with Crippen molar-refractivity contribution < 1.29 is 5.11 Å². The summed E-state index contributed by atoms with van der Waals surface area (Å²) in [5.74, 6) is 0.343. The van der Waals surface area contributed by atoms with Gasteiger partial charge in [0, 0.05) is 18.5 Å². The van der Waals surface area contributed by atoms with Crippen LogP contribution in [0.15, 0.2) is 0 Å². The van der Waals surface area contributed by atoms with E-state index in [2.05, 4.69) is 5.32 Å². The van der Waals surface area contributed by atoms with Crippen LogP contribution in [0.5, 0.6) is 0 Å². The predicted molar refractivity (Wildman–Crippen MR) is 76.2 cm³/mol. The second kappa shape index (κ2) is 4.34. The van der Waals surface area contributed by atoms with Gasteiger partial charge in [0.15, 0.2) is 5.11 Å². The van der Waals surface area contributed by atoms with E-state index < -0.39 is 5.72 Å². The van der Waals surface area contributed by atoms with Gasteiger partial charge in [-0.25, -0.2) is 0 Å². The zero-order chi connectivity index (χ0) is 12.8. The van der Waals surface area contributed by atoms with Crippen molar-refractivity contribution in [1.82, 2.24) is 10.2 Å². The van der Waals surface area contributed by atoms with Crippen molar-refractivity contribution in [3.8, 4) is 0 Å². The molecule has 0 bridgehead atoms. The summed E-state index contributed by atoms with van der Waals surface area (Å²) in [4.78, 5) is 1.92. The molecule has 102 valence electrons. The van der Waals surface area contributed by atoms with Crippen LogP contribution in [0, 0.1) is 5.92 Å². The van der Waals surface area contributed by atoms with Gasteiger partial charge in [0.2, 0.25) is 0 Å². The summed E-state index contributed by atoms with van der Waals surface area (Å²) in [6, 6.07) is 0. The van der Waals surface area contributed by atoms with Gasteiger partial charge in [-0.2, -0.15) is 0 Å². The Morgan fingerprint density at radius 3 is 2.56 bits per heavy atom. The Labute approximate surface area is 115 Å². The number of rotatable bonds is 0. The molecule has 2 N–H and O–H groups in total. The van der Waals surface area contributed by atoms with Crippen molar-refractivity contribution in [3.63, 3.8) is 0 Å². The molecule has 3 fully saturated rings. The van der Waals surface area contributed by atoms with E-state index in [4.69, 9.17) is 12.2 Å². The Morgan fingerprint density at radius 1 is 1.17 bits per heavy atom. The Morgan fingerprint density at radius 2 is 1.83 bits per heavy atom. The maximum absolute atomic E-state index is 11.1. The zero-order valence-corrected chi connectivity index (χ0v) is 12.1. The lowest BCUT2D eigenvalue weighted by Crippen LogP contribution is -2.74. The number of fused-ring (bicyclic) bond motifs is 2. The number of thiocarbonyl (C=S) groups is 1. The van der Waals surface area contributed by atoms with Crippen LogP contribution in [0.4, 0.5) is 0 Å². The topological polar surface area (TPSA) is 35.5 Å².